The van der Waals surface area contributed by atoms with E-state index in [1.165, 1.54) is 5.56 Å². The second-order valence-electron chi connectivity index (χ2n) is 4.93. The van der Waals surface area contributed by atoms with E-state index in [4.69, 9.17) is 9.47 Å². The van der Waals surface area contributed by atoms with Crippen molar-refractivity contribution in [2.45, 2.75) is 6.54 Å². The minimum absolute atomic E-state index is 0.630. The SMILES string of the molecule is COc1ccc(CN2CCOc3cccc(C=O)c32)cc1. The molecule has 0 fully saturated rings. The number of ether oxygens (including phenoxy) is 2. The lowest BCUT2D eigenvalue weighted by molar-refractivity contribution is 0.112. The fourth-order valence-electron chi connectivity index (χ4n) is 2.58. The van der Waals surface area contributed by atoms with Crippen molar-refractivity contribution in [1.29, 1.82) is 0 Å². The van der Waals surface area contributed by atoms with Crippen LogP contribution in [0, 0.1) is 0 Å². The number of para-hydroxylation sites is 1. The van der Waals surface area contributed by atoms with Gasteiger partial charge in [0.1, 0.15) is 18.1 Å². The number of benzene rings is 2. The highest BCUT2D eigenvalue weighted by molar-refractivity contribution is 5.87. The molecule has 2 aromatic rings. The molecule has 0 spiro atoms. The lowest BCUT2D eigenvalue weighted by Gasteiger charge is -2.32. The third-order valence-electron chi connectivity index (χ3n) is 3.62. The van der Waals surface area contributed by atoms with Gasteiger partial charge < -0.3 is 14.4 Å². The molecule has 0 radical (unpaired) electrons. The predicted molar refractivity (Wildman–Crippen MR) is 81.4 cm³/mol. The van der Waals surface area contributed by atoms with Crippen LogP contribution in [-0.4, -0.2) is 26.5 Å². The van der Waals surface area contributed by atoms with Crippen molar-refractivity contribution < 1.29 is 14.3 Å². The average molecular weight is 283 g/mol. The van der Waals surface area contributed by atoms with E-state index in [0.717, 1.165) is 36.6 Å². The molecule has 0 amide bonds. The van der Waals surface area contributed by atoms with E-state index in [0.29, 0.717) is 12.2 Å². The maximum absolute atomic E-state index is 11.3. The first kappa shape index (κ1) is 13.5. The number of anilines is 1. The number of carbonyl (C=O) groups excluding carboxylic acids is 1. The van der Waals surface area contributed by atoms with Crippen LogP contribution >= 0.6 is 0 Å². The third-order valence-corrected chi connectivity index (χ3v) is 3.62. The maximum atomic E-state index is 11.3. The maximum Gasteiger partial charge on any atom is 0.152 e. The Kier molecular flexibility index (Phi) is 3.77. The molecule has 0 bridgehead atoms. The quantitative estimate of drug-likeness (QED) is 0.809. The molecule has 0 saturated heterocycles. The molecule has 0 aliphatic carbocycles. The molecule has 1 aliphatic rings. The normalized spacial score (nSPS) is 13.3. The van der Waals surface area contributed by atoms with E-state index in [1.807, 2.05) is 42.5 Å². The zero-order chi connectivity index (χ0) is 14.7. The van der Waals surface area contributed by atoms with E-state index in [-0.39, 0.29) is 0 Å². The summed E-state index contributed by atoms with van der Waals surface area (Å²) in [7, 11) is 1.66. The monoisotopic (exact) mass is 283 g/mol. The van der Waals surface area contributed by atoms with Crippen LogP contribution in [-0.2, 0) is 6.54 Å². The topological polar surface area (TPSA) is 38.8 Å². The summed E-state index contributed by atoms with van der Waals surface area (Å²) in [5.74, 6) is 1.62. The molecule has 4 heteroatoms. The molecular weight excluding hydrogens is 266 g/mol. The summed E-state index contributed by atoms with van der Waals surface area (Å²) in [4.78, 5) is 13.4. The summed E-state index contributed by atoms with van der Waals surface area (Å²) in [6.07, 6.45) is 0.883. The second-order valence-corrected chi connectivity index (χ2v) is 4.93. The highest BCUT2D eigenvalue weighted by atomic mass is 16.5. The first-order chi connectivity index (χ1) is 10.3. The molecule has 0 N–H and O–H groups in total. The van der Waals surface area contributed by atoms with Gasteiger partial charge in [-0.15, -0.1) is 0 Å². The number of hydrogen-bond acceptors (Lipinski definition) is 4. The van der Waals surface area contributed by atoms with Crippen molar-refractivity contribution in [1.82, 2.24) is 0 Å². The van der Waals surface area contributed by atoms with Gasteiger partial charge in [0, 0.05) is 12.1 Å². The summed E-state index contributed by atoms with van der Waals surface area (Å²) in [6, 6.07) is 13.5. The van der Waals surface area contributed by atoms with Gasteiger partial charge in [-0.2, -0.15) is 0 Å². The van der Waals surface area contributed by atoms with Gasteiger partial charge in [-0.25, -0.2) is 0 Å². The van der Waals surface area contributed by atoms with Crippen LogP contribution in [0.3, 0.4) is 0 Å². The summed E-state index contributed by atoms with van der Waals surface area (Å²) < 4.78 is 10.8. The van der Waals surface area contributed by atoms with E-state index >= 15 is 0 Å². The first-order valence-electron chi connectivity index (χ1n) is 6.90. The van der Waals surface area contributed by atoms with Crippen LogP contribution in [0.1, 0.15) is 15.9 Å². The Morgan fingerprint density at radius 2 is 2.05 bits per heavy atom. The van der Waals surface area contributed by atoms with Gasteiger partial charge in [-0.1, -0.05) is 18.2 Å². The van der Waals surface area contributed by atoms with Crippen molar-refractivity contribution in [2.24, 2.45) is 0 Å². The fourth-order valence-corrected chi connectivity index (χ4v) is 2.58. The molecule has 1 aliphatic heterocycles. The first-order valence-corrected chi connectivity index (χ1v) is 6.90. The Morgan fingerprint density at radius 1 is 1.24 bits per heavy atom. The molecule has 4 nitrogen and oxygen atoms in total. The van der Waals surface area contributed by atoms with Crippen molar-refractivity contribution in [3.05, 3.63) is 53.6 Å². The van der Waals surface area contributed by atoms with Gasteiger partial charge in [-0.3, -0.25) is 4.79 Å². The van der Waals surface area contributed by atoms with E-state index in [9.17, 15) is 4.79 Å². The van der Waals surface area contributed by atoms with Gasteiger partial charge in [0.05, 0.1) is 19.3 Å². The molecule has 3 rings (SSSR count). The van der Waals surface area contributed by atoms with E-state index < -0.39 is 0 Å². The summed E-state index contributed by atoms with van der Waals surface area (Å²) >= 11 is 0. The van der Waals surface area contributed by atoms with Crippen LogP contribution < -0.4 is 14.4 Å². The van der Waals surface area contributed by atoms with Crippen molar-refractivity contribution in [3.63, 3.8) is 0 Å². The van der Waals surface area contributed by atoms with Crippen molar-refractivity contribution in [2.75, 3.05) is 25.2 Å². The third kappa shape index (κ3) is 2.70. The predicted octanol–water partition coefficient (Wildman–Crippen LogP) is 2.91. The number of aldehydes is 1. The van der Waals surface area contributed by atoms with Crippen molar-refractivity contribution >= 4 is 12.0 Å². The zero-order valence-corrected chi connectivity index (χ0v) is 11.9. The zero-order valence-electron chi connectivity index (χ0n) is 11.9. The molecule has 0 atom stereocenters. The van der Waals surface area contributed by atoms with Gasteiger partial charge in [0.15, 0.2) is 6.29 Å². The minimum atomic E-state index is 0.630. The highest BCUT2D eigenvalue weighted by Crippen LogP contribution is 2.35. The number of nitrogens with zero attached hydrogens (tertiary/aromatic N) is 1. The van der Waals surface area contributed by atoms with Gasteiger partial charge in [-0.05, 0) is 29.8 Å². The summed E-state index contributed by atoms with van der Waals surface area (Å²) in [5.41, 5.74) is 2.72. The molecule has 0 saturated carbocycles. The van der Waals surface area contributed by atoms with Crippen LogP contribution in [0.25, 0.3) is 0 Å². The van der Waals surface area contributed by atoms with Crippen LogP contribution in [0.2, 0.25) is 0 Å². The molecular formula is C17H17NO3. The van der Waals surface area contributed by atoms with Gasteiger partial charge in [0.25, 0.3) is 0 Å². The Hall–Kier alpha value is -2.49. The summed E-state index contributed by atoms with van der Waals surface area (Å²) in [5, 5.41) is 0. The number of fused-ring (bicyclic) bond motifs is 1. The lowest BCUT2D eigenvalue weighted by Crippen LogP contribution is -2.33. The molecule has 21 heavy (non-hydrogen) atoms. The standard InChI is InChI=1S/C17H17NO3/c1-20-15-7-5-13(6-8-15)11-18-9-10-21-16-4-2-3-14(12-19)17(16)18/h2-8,12H,9-11H2,1H3. The Labute approximate surface area is 123 Å². The molecule has 0 aromatic heterocycles. The summed E-state index contributed by atoms with van der Waals surface area (Å²) in [6.45, 7) is 2.14. The minimum Gasteiger partial charge on any atom is -0.497 e. The molecule has 1 heterocycles. The molecule has 0 unspecified atom stereocenters. The van der Waals surface area contributed by atoms with Crippen LogP contribution in [0.5, 0.6) is 11.5 Å². The Balaban J connectivity index is 1.89. The van der Waals surface area contributed by atoms with E-state index in [2.05, 4.69) is 4.90 Å². The Bertz CT molecular complexity index is 637. The van der Waals surface area contributed by atoms with E-state index in [1.54, 1.807) is 7.11 Å². The molecule has 2 aromatic carbocycles. The number of rotatable bonds is 4. The second kappa shape index (κ2) is 5.87. The van der Waals surface area contributed by atoms with Crippen LogP contribution in [0.15, 0.2) is 42.5 Å². The highest BCUT2D eigenvalue weighted by Gasteiger charge is 2.21. The van der Waals surface area contributed by atoms with Crippen molar-refractivity contribution in [3.8, 4) is 11.5 Å². The fraction of sp³-hybridized carbons (Fsp3) is 0.235. The Morgan fingerprint density at radius 3 is 2.76 bits per heavy atom. The number of methoxy groups -OCH3 is 1. The number of carbonyl (C=O) groups is 1. The largest absolute Gasteiger partial charge is 0.497 e. The van der Waals surface area contributed by atoms with Crippen LogP contribution in [0.4, 0.5) is 5.69 Å². The lowest BCUT2D eigenvalue weighted by atomic mass is 10.1. The number of hydrogen-bond donors (Lipinski definition) is 0. The average Bonchev–Trinajstić information content (AvgIpc) is 2.55. The smallest absolute Gasteiger partial charge is 0.152 e. The van der Waals surface area contributed by atoms with Gasteiger partial charge >= 0.3 is 0 Å². The van der Waals surface area contributed by atoms with Gasteiger partial charge in [0.2, 0.25) is 0 Å². The molecule has 108 valence electrons.